The van der Waals surface area contributed by atoms with Gasteiger partial charge >= 0.3 is 0 Å². The van der Waals surface area contributed by atoms with Gasteiger partial charge in [-0.15, -0.1) is 0 Å². The lowest BCUT2D eigenvalue weighted by Gasteiger charge is -2.17. The van der Waals surface area contributed by atoms with Crippen LogP contribution in [0.2, 0.25) is 0 Å². The molecule has 0 bridgehead atoms. The standard InChI is InChI=1S/C10H13BrO4S/c1-15-8-3-5(2-6(11)10(8)14)9(13)7(12)4-16/h2-3,7,9,12-14,16H,4H2,1H3. The van der Waals surface area contributed by atoms with Crippen LogP contribution in [-0.4, -0.2) is 34.3 Å². The van der Waals surface area contributed by atoms with E-state index in [1.165, 1.54) is 19.2 Å². The highest BCUT2D eigenvalue weighted by atomic mass is 79.9. The predicted octanol–water partition coefficient (Wildman–Crippen LogP) is 1.49. The summed E-state index contributed by atoms with van der Waals surface area (Å²) in [6.45, 7) is 0. The van der Waals surface area contributed by atoms with Crippen molar-refractivity contribution in [3.05, 3.63) is 22.2 Å². The Hall–Kier alpha value is -0.430. The van der Waals surface area contributed by atoms with Crippen molar-refractivity contribution in [1.29, 1.82) is 0 Å². The molecule has 0 aliphatic carbocycles. The van der Waals surface area contributed by atoms with Gasteiger partial charge in [-0.25, -0.2) is 0 Å². The Labute approximate surface area is 107 Å². The van der Waals surface area contributed by atoms with E-state index in [1.807, 2.05) is 0 Å². The van der Waals surface area contributed by atoms with E-state index in [4.69, 9.17) is 4.74 Å². The molecule has 0 saturated heterocycles. The number of halogens is 1. The van der Waals surface area contributed by atoms with Crippen molar-refractivity contribution < 1.29 is 20.1 Å². The van der Waals surface area contributed by atoms with Crippen LogP contribution in [0.4, 0.5) is 0 Å². The number of methoxy groups -OCH3 is 1. The molecular weight excluding hydrogens is 296 g/mol. The molecule has 2 atom stereocenters. The minimum Gasteiger partial charge on any atom is -0.503 e. The number of aromatic hydroxyl groups is 1. The fourth-order valence-corrected chi connectivity index (χ4v) is 1.90. The summed E-state index contributed by atoms with van der Waals surface area (Å²) in [6.07, 6.45) is -2.03. The third kappa shape index (κ3) is 2.82. The number of hydrogen-bond acceptors (Lipinski definition) is 5. The first-order valence-corrected chi connectivity index (χ1v) is 5.97. The van der Waals surface area contributed by atoms with Gasteiger partial charge in [0.2, 0.25) is 0 Å². The topological polar surface area (TPSA) is 69.9 Å². The van der Waals surface area contributed by atoms with Crippen LogP contribution in [0, 0.1) is 0 Å². The Kier molecular flexibility index (Phi) is 4.91. The first kappa shape index (κ1) is 13.6. The summed E-state index contributed by atoms with van der Waals surface area (Å²) < 4.78 is 5.33. The zero-order valence-electron chi connectivity index (χ0n) is 8.59. The third-order valence-electron chi connectivity index (χ3n) is 2.16. The molecule has 1 aromatic carbocycles. The van der Waals surface area contributed by atoms with Gasteiger partial charge < -0.3 is 20.1 Å². The minimum atomic E-state index is -1.07. The molecule has 0 saturated carbocycles. The van der Waals surface area contributed by atoms with Gasteiger partial charge in [0.25, 0.3) is 0 Å². The Morgan fingerprint density at radius 2 is 2.06 bits per heavy atom. The molecule has 0 heterocycles. The molecule has 2 unspecified atom stereocenters. The van der Waals surface area contributed by atoms with Crippen molar-refractivity contribution in [2.75, 3.05) is 12.9 Å². The van der Waals surface area contributed by atoms with Gasteiger partial charge in [-0.2, -0.15) is 12.6 Å². The van der Waals surface area contributed by atoms with Crippen molar-refractivity contribution in [3.8, 4) is 11.5 Å². The zero-order valence-corrected chi connectivity index (χ0v) is 11.1. The predicted molar refractivity (Wildman–Crippen MR) is 67.2 cm³/mol. The van der Waals surface area contributed by atoms with Crippen LogP contribution in [0.15, 0.2) is 16.6 Å². The maximum Gasteiger partial charge on any atom is 0.172 e. The summed E-state index contributed by atoms with van der Waals surface area (Å²) in [5.74, 6) is 0.329. The maximum absolute atomic E-state index is 9.77. The van der Waals surface area contributed by atoms with Gasteiger partial charge in [0.15, 0.2) is 11.5 Å². The van der Waals surface area contributed by atoms with E-state index >= 15 is 0 Å². The molecule has 1 aromatic rings. The van der Waals surface area contributed by atoms with Gasteiger partial charge in [0.05, 0.1) is 17.7 Å². The molecule has 0 aliphatic heterocycles. The molecule has 0 amide bonds. The van der Waals surface area contributed by atoms with E-state index in [1.54, 1.807) is 0 Å². The van der Waals surface area contributed by atoms with Crippen molar-refractivity contribution >= 4 is 28.6 Å². The number of phenols is 1. The van der Waals surface area contributed by atoms with E-state index in [-0.39, 0.29) is 17.3 Å². The average Bonchev–Trinajstić information content (AvgIpc) is 2.30. The van der Waals surface area contributed by atoms with Crippen LogP contribution < -0.4 is 4.74 Å². The second kappa shape index (κ2) is 5.77. The van der Waals surface area contributed by atoms with Crippen molar-refractivity contribution in [2.24, 2.45) is 0 Å². The molecule has 6 heteroatoms. The Balaban J connectivity index is 3.10. The van der Waals surface area contributed by atoms with E-state index in [0.29, 0.717) is 10.0 Å². The average molecular weight is 309 g/mol. The van der Waals surface area contributed by atoms with Crippen LogP contribution in [0.5, 0.6) is 11.5 Å². The summed E-state index contributed by atoms with van der Waals surface area (Å²) in [5.41, 5.74) is 0.447. The molecule has 90 valence electrons. The first-order chi connectivity index (χ1) is 7.51. The van der Waals surface area contributed by atoms with Crippen LogP contribution in [0.1, 0.15) is 11.7 Å². The molecule has 0 spiro atoms. The van der Waals surface area contributed by atoms with Gasteiger partial charge in [0, 0.05) is 5.75 Å². The number of aliphatic hydroxyl groups is 2. The number of phenolic OH excluding ortho intramolecular Hbond substituents is 1. The SMILES string of the molecule is COc1cc(C(O)C(O)CS)cc(Br)c1O. The molecule has 0 aliphatic rings. The minimum absolute atomic E-state index is 0.0428. The summed E-state index contributed by atoms with van der Waals surface area (Å²) in [6, 6.07) is 2.99. The lowest BCUT2D eigenvalue weighted by molar-refractivity contribution is 0.0335. The van der Waals surface area contributed by atoms with Gasteiger partial charge in [0.1, 0.15) is 6.10 Å². The van der Waals surface area contributed by atoms with E-state index in [9.17, 15) is 15.3 Å². The highest BCUT2D eigenvalue weighted by molar-refractivity contribution is 9.10. The number of rotatable bonds is 4. The van der Waals surface area contributed by atoms with Crippen molar-refractivity contribution in [3.63, 3.8) is 0 Å². The van der Waals surface area contributed by atoms with Crippen molar-refractivity contribution in [2.45, 2.75) is 12.2 Å². The fraction of sp³-hybridized carbons (Fsp3) is 0.400. The summed E-state index contributed by atoms with van der Waals surface area (Å²) >= 11 is 7.03. The Bertz CT molecular complexity index is 372. The summed E-state index contributed by atoms with van der Waals surface area (Å²) in [7, 11) is 1.41. The van der Waals surface area contributed by atoms with Crippen LogP contribution >= 0.6 is 28.6 Å². The number of aliphatic hydroxyl groups excluding tert-OH is 2. The van der Waals surface area contributed by atoms with Crippen LogP contribution in [-0.2, 0) is 0 Å². The highest BCUT2D eigenvalue weighted by Gasteiger charge is 2.20. The van der Waals surface area contributed by atoms with E-state index in [0.717, 1.165) is 0 Å². The lowest BCUT2D eigenvalue weighted by Crippen LogP contribution is -2.19. The molecule has 3 N–H and O–H groups in total. The van der Waals surface area contributed by atoms with Crippen molar-refractivity contribution in [1.82, 2.24) is 0 Å². The number of ether oxygens (including phenoxy) is 1. The van der Waals surface area contributed by atoms with Gasteiger partial charge in [-0.05, 0) is 33.6 Å². The largest absolute Gasteiger partial charge is 0.503 e. The van der Waals surface area contributed by atoms with Crippen LogP contribution in [0.3, 0.4) is 0 Å². The fourth-order valence-electron chi connectivity index (χ4n) is 1.24. The zero-order chi connectivity index (χ0) is 12.3. The van der Waals surface area contributed by atoms with Gasteiger partial charge in [-0.1, -0.05) is 0 Å². The first-order valence-electron chi connectivity index (χ1n) is 4.54. The lowest BCUT2D eigenvalue weighted by atomic mass is 10.0. The summed E-state index contributed by atoms with van der Waals surface area (Å²) in [4.78, 5) is 0. The van der Waals surface area contributed by atoms with E-state index in [2.05, 4.69) is 28.6 Å². The smallest absolute Gasteiger partial charge is 0.172 e. The number of thiol groups is 1. The highest BCUT2D eigenvalue weighted by Crippen LogP contribution is 2.37. The molecule has 0 fully saturated rings. The molecule has 4 nitrogen and oxygen atoms in total. The van der Waals surface area contributed by atoms with Crippen LogP contribution in [0.25, 0.3) is 0 Å². The monoisotopic (exact) mass is 308 g/mol. The number of hydrogen-bond donors (Lipinski definition) is 4. The summed E-state index contributed by atoms with van der Waals surface area (Å²) in [5, 5.41) is 28.8. The Morgan fingerprint density at radius 1 is 1.44 bits per heavy atom. The third-order valence-corrected chi connectivity index (χ3v) is 3.14. The van der Waals surface area contributed by atoms with Gasteiger partial charge in [-0.3, -0.25) is 0 Å². The Morgan fingerprint density at radius 3 is 2.56 bits per heavy atom. The number of benzene rings is 1. The molecule has 0 aromatic heterocycles. The molecule has 0 radical (unpaired) electrons. The maximum atomic E-state index is 9.77. The molecule has 16 heavy (non-hydrogen) atoms. The van der Waals surface area contributed by atoms with E-state index < -0.39 is 12.2 Å². The second-order valence-corrected chi connectivity index (χ2v) is 4.47. The normalized spacial score (nSPS) is 14.6. The quantitative estimate of drug-likeness (QED) is 0.636. The molecular formula is C10H13BrO4S. The second-order valence-electron chi connectivity index (χ2n) is 3.25. The molecule has 1 rings (SSSR count).